The number of amides is 1. The van der Waals surface area contributed by atoms with Gasteiger partial charge in [-0.3, -0.25) is 4.79 Å². The molecule has 1 atom stereocenters. The van der Waals surface area contributed by atoms with Crippen LogP contribution >= 0.6 is 0 Å². The Balaban J connectivity index is 1.66. The molecule has 3 aromatic carbocycles. The van der Waals surface area contributed by atoms with Crippen molar-refractivity contribution in [2.75, 3.05) is 6.54 Å². The molecule has 0 radical (unpaired) electrons. The molecular formula is C31H36N2O5. The van der Waals surface area contributed by atoms with Gasteiger partial charge in [0, 0.05) is 18.5 Å². The first-order valence-electron chi connectivity index (χ1n) is 12.7. The molecule has 0 aromatic heterocycles. The van der Waals surface area contributed by atoms with Crippen LogP contribution in [0.4, 0.5) is 4.79 Å². The molecule has 0 heterocycles. The molecule has 1 unspecified atom stereocenters. The summed E-state index contributed by atoms with van der Waals surface area (Å²) in [6.07, 6.45) is -0.433. The number of rotatable bonds is 11. The van der Waals surface area contributed by atoms with E-state index in [1.54, 1.807) is 27.7 Å². The van der Waals surface area contributed by atoms with E-state index >= 15 is 0 Å². The Morgan fingerprint density at radius 2 is 1.53 bits per heavy atom. The van der Waals surface area contributed by atoms with Gasteiger partial charge in [0.25, 0.3) is 0 Å². The fourth-order valence-electron chi connectivity index (χ4n) is 4.11. The number of ether oxygens (including phenoxy) is 1. The van der Waals surface area contributed by atoms with Crippen LogP contribution in [0.2, 0.25) is 0 Å². The van der Waals surface area contributed by atoms with Crippen LogP contribution in [0.5, 0.6) is 0 Å². The zero-order valence-electron chi connectivity index (χ0n) is 22.4. The Kier molecular flexibility index (Phi) is 9.42. The largest absolute Gasteiger partial charge is 0.479 e. The minimum absolute atomic E-state index is 0.0445. The van der Waals surface area contributed by atoms with Crippen LogP contribution in [0.1, 0.15) is 55.6 Å². The van der Waals surface area contributed by atoms with Gasteiger partial charge in [-0.1, -0.05) is 79.7 Å². The van der Waals surface area contributed by atoms with Crippen LogP contribution in [0, 0.1) is 0 Å². The second kappa shape index (κ2) is 12.5. The Labute approximate surface area is 224 Å². The minimum Gasteiger partial charge on any atom is -0.479 e. The Morgan fingerprint density at radius 3 is 2.13 bits per heavy atom. The standard InChI is InChI=1S/C31H36N2O5/c1-5-31(28(35)36,33-29(37)38-30(2,3)4)19-22-14-16-24(17-15-22)26-13-9-10-23(18-26)20-32-21-27(34)25-11-7-6-8-12-25/h6-18,32H,5,19-21H2,1-4H3,(H,33,37)(H,35,36). The molecule has 0 bridgehead atoms. The Bertz CT molecular complexity index is 1250. The fourth-order valence-corrected chi connectivity index (χ4v) is 4.11. The third kappa shape index (κ3) is 8.02. The quantitative estimate of drug-likeness (QED) is 0.286. The van der Waals surface area contributed by atoms with Gasteiger partial charge in [-0.25, -0.2) is 9.59 Å². The molecule has 3 N–H and O–H groups in total. The van der Waals surface area contributed by atoms with E-state index in [-0.39, 0.29) is 25.2 Å². The number of benzene rings is 3. The van der Waals surface area contributed by atoms with Crippen LogP contribution in [0.3, 0.4) is 0 Å². The monoisotopic (exact) mass is 516 g/mol. The van der Waals surface area contributed by atoms with Crippen LogP contribution < -0.4 is 10.6 Å². The van der Waals surface area contributed by atoms with E-state index in [2.05, 4.69) is 16.7 Å². The smallest absolute Gasteiger partial charge is 0.408 e. The number of ketones is 1. The molecule has 0 spiro atoms. The number of carbonyl (C=O) groups is 3. The van der Waals surface area contributed by atoms with Gasteiger partial charge in [-0.2, -0.15) is 0 Å². The third-order valence-corrected chi connectivity index (χ3v) is 6.18. The highest BCUT2D eigenvalue weighted by atomic mass is 16.6. The van der Waals surface area contributed by atoms with E-state index in [9.17, 15) is 19.5 Å². The van der Waals surface area contributed by atoms with E-state index in [0.717, 1.165) is 22.3 Å². The summed E-state index contributed by atoms with van der Waals surface area (Å²) >= 11 is 0. The summed E-state index contributed by atoms with van der Waals surface area (Å²) < 4.78 is 5.30. The lowest BCUT2D eigenvalue weighted by Crippen LogP contribution is -2.56. The van der Waals surface area contributed by atoms with E-state index in [4.69, 9.17) is 4.74 Å². The molecule has 1 amide bonds. The molecule has 0 saturated carbocycles. The predicted molar refractivity (Wildman–Crippen MR) is 148 cm³/mol. The van der Waals surface area contributed by atoms with Crippen LogP contribution in [0.15, 0.2) is 78.9 Å². The second-order valence-electron chi connectivity index (χ2n) is 10.3. The molecular weight excluding hydrogens is 480 g/mol. The van der Waals surface area contributed by atoms with Gasteiger partial charge >= 0.3 is 12.1 Å². The first-order chi connectivity index (χ1) is 18.0. The van der Waals surface area contributed by atoms with E-state index in [1.165, 1.54) is 0 Å². The SMILES string of the molecule is CCC(Cc1ccc(-c2cccc(CNCC(=O)c3ccccc3)c2)cc1)(NC(=O)OC(C)(C)C)C(=O)O. The number of Topliss-reactive ketones (excluding diaryl/α,β-unsaturated/α-hetero) is 1. The van der Waals surface area contributed by atoms with Crippen molar-refractivity contribution in [1.82, 2.24) is 10.6 Å². The number of carbonyl (C=O) groups excluding carboxylic acids is 2. The molecule has 0 fully saturated rings. The molecule has 0 saturated heterocycles. The number of carboxylic acid groups (broad SMARTS) is 1. The molecule has 7 heteroatoms. The molecule has 0 aliphatic carbocycles. The average molecular weight is 517 g/mol. The number of carboxylic acids is 1. The van der Waals surface area contributed by atoms with Crippen molar-refractivity contribution in [1.29, 1.82) is 0 Å². The van der Waals surface area contributed by atoms with Crippen molar-refractivity contribution < 1.29 is 24.2 Å². The zero-order chi connectivity index (χ0) is 27.8. The maximum absolute atomic E-state index is 12.4. The summed E-state index contributed by atoms with van der Waals surface area (Å²) in [6, 6.07) is 24.9. The Morgan fingerprint density at radius 1 is 0.842 bits per heavy atom. The number of hydrogen-bond acceptors (Lipinski definition) is 5. The molecule has 7 nitrogen and oxygen atoms in total. The van der Waals surface area contributed by atoms with Crippen molar-refractivity contribution in [2.45, 2.75) is 58.2 Å². The molecule has 3 rings (SSSR count). The van der Waals surface area contributed by atoms with Crippen molar-refractivity contribution >= 4 is 17.8 Å². The maximum Gasteiger partial charge on any atom is 0.408 e. The second-order valence-corrected chi connectivity index (χ2v) is 10.3. The number of nitrogens with one attached hydrogen (secondary N) is 2. The number of alkyl carbamates (subject to hydrolysis) is 1. The van der Waals surface area contributed by atoms with Gasteiger partial charge in [0.05, 0.1) is 6.54 Å². The van der Waals surface area contributed by atoms with Gasteiger partial charge < -0.3 is 20.5 Å². The van der Waals surface area contributed by atoms with Gasteiger partial charge in [0.15, 0.2) is 5.78 Å². The lowest BCUT2D eigenvalue weighted by molar-refractivity contribution is -0.145. The summed E-state index contributed by atoms with van der Waals surface area (Å²) in [5.41, 5.74) is 2.30. The van der Waals surface area contributed by atoms with Gasteiger partial charge in [-0.05, 0) is 55.5 Å². The van der Waals surface area contributed by atoms with Gasteiger partial charge in [-0.15, -0.1) is 0 Å². The predicted octanol–water partition coefficient (Wildman–Crippen LogP) is 5.63. The molecule has 200 valence electrons. The molecule has 3 aromatic rings. The summed E-state index contributed by atoms with van der Waals surface area (Å²) in [5.74, 6) is -1.07. The van der Waals surface area contributed by atoms with Crippen molar-refractivity contribution in [3.63, 3.8) is 0 Å². The van der Waals surface area contributed by atoms with E-state index in [1.807, 2.05) is 72.8 Å². The first-order valence-corrected chi connectivity index (χ1v) is 12.7. The minimum atomic E-state index is -1.48. The first kappa shape index (κ1) is 28.6. The summed E-state index contributed by atoms with van der Waals surface area (Å²) in [7, 11) is 0. The Hall–Kier alpha value is -3.97. The van der Waals surface area contributed by atoms with E-state index in [0.29, 0.717) is 12.1 Å². The molecule has 0 aliphatic rings. The lowest BCUT2D eigenvalue weighted by atomic mass is 9.87. The zero-order valence-corrected chi connectivity index (χ0v) is 22.4. The normalized spacial score (nSPS) is 12.8. The highest BCUT2D eigenvalue weighted by Crippen LogP contribution is 2.24. The topological polar surface area (TPSA) is 105 Å². The number of aliphatic carboxylic acids is 1. The van der Waals surface area contributed by atoms with Crippen molar-refractivity contribution in [3.05, 3.63) is 95.6 Å². The fraction of sp³-hybridized carbons (Fsp3) is 0.323. The van der Waals surface area contributed by atoms with Crippen LogP contribution in [-0.4, -0.2) is 40.6 Å². The van der Waals surface area contributed by atoms with Gasteiger partial charge in [0.2, 0.25) is 0 Å². The van der Waals surface area contributed by atoms with Crippen molar-refractivity contribution in [2.24, 2.45) is 0 Å². The van der Waals surface area contributed by atoms with Gasteiger partial charge in [0.1, 0.15) is 11.1 Å². The van der Waals surface area contributed by atoms with E-state index < -0.39 is 23.2 Å². The number of hydrogen-bond donors (Lipinski definition) is 3. The molecule has 38 heavy (non-hydrogen) atoms. The van der Waals surface area contributed by atoms with Crippen LogP contribution in [-0.2, 0) is 22.5 Å². The summed E-state index contributed by atoms with van der Waals surface area (Å²) in [4.78, 5) is 36.9. The third-order valence-electron chi connectivity index (χ3n) is 6.18. The molecule has 0 aliphatic heterocycles. The maximum atomic E-state index is 12.4. The summed E-state index contributed by atoms with van der Waals surface area (Å²) in [5, 5.41) is 15.8. The highest BCUT2D eigenvalue weighted by molar-refractivity contribution is 5.97. The summed E-state index contributed by atoms with van der Waals surface area (Å²) in [6.45, 7) is 7.73. The average Bonchev–Trinajstić information content (AvgIpc) is 2.88. The van der Waals surface area contributed by atoms with Crippen molar-refractivity contribution in [3.8, 4) is 11.1 Å². The highest BCUT2D eigenvalue weighted by Gasteiger charge is 2.39. The lowest BCUT2D eigenvalue weighted by Gasteiger charge is -2.31. The van der Waals surface area contributed by atoms with Crippen LogP contribution in [0.25, 0.3) is 11.1 Å².